The lowest BCUT2D eigenvalue weighted by atomic mass is 10.2. The lowest BCUT2D eigenvalue weighted by Gasteiger charge is -2.20. The van der Waals surface area contributed by atoms with Crippen LogP contribution in [0.5, 0.6) is 0 Å². The number of anilines is 1. The highest BCUT2D eigenvalue weighted by molar-refractivity contribution is 9.10. The highest BCUT2D eigenvalue weighted by Crippen LogP contribution is 2.28. The van der Waals surface area contributed by atoms with Gasteiger partial charge in [-0.15, -0.1) is 0 Å². The van der Waals surface area contributed by atoms with Gasteiger partial charge in [0.15, 0.2) is 0 Å². The van der Waals surface area contributed by atoms with Crippen molar-refractivity contribution in [2.24, 2.45) is 0 Å². The van der Waals surface area contributed by atoms with Crippen LogP contribution in [0.25, 0.3) is 0 Å². The molecule has 1 aliphatic rings. The molecule has 23 heavy (non-hydrogen) atoms. The molecule has 0 bridgehead atoms. The predicted molar refractivity (Wildman–Crippen MR) is 94.5 cm³/mol. The van der Waals surface area contributed by atoms with E-state index >= 15 is 0 Å². The van der Waals surface area contributed by atoms with E-state index in [9.17, 15) is 4.79 Å². The van der Waals surface area contributed by atoms with Gasteiger partial charge in [0.05, 0.1) is 11.7 Å². The number of carbonyl (C=O) groups excluding carboxylic acids is 1. The molecule has 1 unspecified atom stereocenters. The number of amides is 1. The molecule has 2 aromatic carbocycles. The second-order valence-electron chi connectivity index (χ2n) is 5.59. The van der Waals surface area contributed by atoms with Gasteiger partial charge in [0, 0.05) is 17.6 Å². The maximum atomic E-state index is 11.9. The van der Waals surface area contributed by atoms with E-state index in [0.29, 0.717) is 6.61 Å². The molecule has 1 atom stereocenters. The van der Waals surface area contributed by atoms with E-state index < -0.39 is 0 Å². The fourth-order valence-corrected chi connectivity index (χ4v) is 3.27. The summed E-state index contributed by atoms with van der Waals surface area (Å²) < 4.78 is 6.35. The molecule has 1 fully saturated rings. The van der Waals surface area contributed by atoms with Crippen molar-refractivity contribution in [2.45, 2.75) is 19.1 Å². The van der Waals surface area contributed by atoms with Crippen molar-refractivity contribution in [3.8, 4) is 0 Å². The Morgan fingerprint density at radius 2 is 1.91 bits per heavy atom. The molecule has 2 aromatic rings. The van der Waals surface area contributed by atoms with Crippen LogP contribution >= 0.6 is 15.9 Å². The zero-order chi connectivity index (χ0) is 16.1. The fourth-order valence-electron chi connectivity index (χ4n) is 2.74. The molecule has 1 N–H and O–H groups in total. The van der Waals surface area contributed by atoms with Gasteiger partial charge < -0.3 is 15.0 Å². The molecule has 120 valence electrons. The van der Waals surface area contributed by atoms with Crippen LogP contribution in [0.4, 0.5) is 10.5 Å². The first-order valence-electron chi connectivity index (χ1n) is 7.69. The molecular formula is C18H19BrN2O2. The maximum absolute atomic E-state index is 11.9. The van der Waals surface area contributed by atoms with Crippen molar-refractivity contribution in [3.63, 3.8) is 0 Å². The molecule has 4 nitrogen and oxygen atoms in total. The van der Waals surface area contributed by atoms with Crippen LogP contribution in [0.1, 0.15) is 12.0 Å². The van der Waals surface area contributed by atoms with Crippen LogP contribution in [-0.2, 0) is 11.3 Å². The maximum Gasteiger partial charge on any atom is 0.407 e. The van der Waals surface area contributed by atoms with Crippen molar-refractivity contribution in [1.29, 1.82) is 0 Å². The minimum absolute atomic E-state index is 0.116. The molecule has 0 radical (unpaired) electrons. The molecule has 1 saturated heterocycles. The first kappa shape index (κ1) is 15.9. The molecule has 0 saturated carbocycles. The number of alkyl carbamates (subject to hydrolysis) is 1. The van der Waals surface area contributed by atoms with E-state index in [1.807, 2.05) is 48.5 Å². The van der Waals surface area contributed by atoms with Crippen molar-refractivity contribution < 1.29 is 9.53 Å². The SMILES string of the molecule is O=C(NC1CCN(c2ccccc2Br)C1)OCc1ccccc1. The minimum Gasteiger partial charge on any atom is -0.445 e. The summed E-state index contributed by atoms with van der Waals surface area (Å²) in [5.74, 6) is 0. The third kappa shape index (κ3) is 4.26. The quantitative estimate of drug-likeness (QED) is 0.880. The van der Waals surface area contributed by atoms with E-state index in [0.717, 1.165) is 35.2 Å². The summed E-state index contributed by atoms with van der Waals surface area (Å²) in [5, 5.41) is 2.95. The second-order valence-corrected chi connectivity index (χ2v) is 6.44. The monoisotopic (exact) mass is 374 g/mol. The normalized spacial score (nSPS) is 17.1. The zero-order valence-corrected chi connectivity index (χ0v) is 14.3. The third-order valence-electron chi connectivity index (χ3n) is 3.92. The van der Waals surface area contributed by atoms with E-state index in [1.54, 1.807) is 0 Å². The van der Waals surface area contributed by atoms with Gasteiger partial charge in [-0.05, 0) is 40.0 Å². The fraction of sp³-hybridized carbons (Fsp3) is 0.278. The van der Waals surface area contributed by atoms with Crippen LogP contribution in [-0.4, -0.2) is 25.2 Å². The molecule has 1 aliphatic heterocycles. The number of para-hydroxylation sites is 1. The molecule has 3 rings (SSSR count). The standard InChI is InChI=1S/C18H19BrN2O2/c19-16-8-4-5-9-17(16)21-11-10-15(12-21)20-18(22)23-13-14-6-2-1-3-7-14/h1-9,15H,10-13H2,(H,20,22). The third-order valence-corrected chi connectivity index (χ3v) is 4.59. The number of nitrogens with one attached hydrogen (secondary N) is 1. The lowest BCUT2D eigenvalue weighted by Crippen LogP contribution is -2.37. The molecule has 1 heterocycles. The number of carbonyl (C=O) groups is 1. The summed E-state index contributed by atoms with van der Waals surface area (Å²) in [6.45, 7) is 2.02. The smallest absolute Gasteiger partial charge is 0.407 e. The Labute approximate surface area is 144 Å². The summed E-state index contributed by atoms with van der Waals surface area (Å²) in [5.41, 5.74) is 2.15. The van der Waals surface area contributed by atoms with E-state index in [4.69, 9.17) is 4.74 Å². The van der Waals surface area contributed by atoms with Gasteiger partial charge in [-0.1, -0.05) is 42.5 Å². The van der Waals surface area contributed by atoms with E-state index in [-0.39, 0.29) is 12.1 Å². The van der Waals surface area contributed by atoms with Gasteiger partial charge in [0.1, 0.15) is 6.61 Å². The minimum atomic E-state index is -0.354. The number of benzene rings is 2. The lowest BCUT2D eigenvalue weighted by molar-refractivity contribution is 0.136. The van der Waals surface area contributed by atoms with Crippen LogP contribution < -0.4 is 10.2 Å². The van der Waals surface area contributed by atoms with Crippen molar-refractivity contribution in [1.82, 2.24) is 5.32 Å². The summed E-state index contributed by atoms with van der Waals surface area (Å²) in [4.78, 5) is 14.2. The average Bonchev–Trinajstić information content (AvgIpc) is 3.02. The summed E-state index contributed by atoms with van der Waals surface area (Å²) >= 11 is 3.57. The zero-order valence-electron chi connectivity index (χ0n) is 12.7. The summed E-state index contributed by atoms with van der Waals surface area (Å²) in [6, 6.07) is 17.9. The highest BCUT2D eigenvalue weighted by Gasteiger charge is 2.25. The number of hydrogen-bond acceptors (Lipinski definition) is 3. The van der Waals surface area contributed by atoms with E-state index in [1.165, 1.54) is 0 Å². The Hall–Kier alpha value is -2.01. The van der Waals surface area contributed by atoms with Crippen molar-refractivity contribution in [2.75, 3.05) is 18.0 Å². The Balaban J connectivity index is 1.48. The van der Waals surface area contributed by atoms with Crippen LogP contribution in [0, 0.1) is 0 Å². The summed E-state index contributed by atoms with van der Waals surface area (Å²) in [6.07, 6.45) is 0.565. The summed E-state index contributed by atoms with van der Waals surface area (Å²) in [7, 11) is 0. The van der Waals surface area contributed by atoms with Crippen LogP contribution in [0.15, 0.2) is 59.1 Å². The first-order chi connectivity index (χ1) is 11.2. The van der Waals surface area contributed by atoms with Gasteiger partial charge in [-0.2, -0.15) is 0 Å². The topological polar surface area (TPSA) is 41.6 Å². The second kappa shape index (κ2) is 7.51. The van der Waals surface area contributed by atoms with Crippen LogP contribution in [0.2, 0.25) is 0 Å². The van der Waals surface area contributed by atoms with Crippen LogP contribution in [0.3, 0.4) is 0 Å². The molecule has 5 heteroatoms. The first-order valence-corrected chi connectivity index (χ1v) is 8.48. The molecular weight excluding hydrogens is 356 g/mol. The molecule has 0 aromatic heterocycles. The Kier molecular flexibility index (Phi) is 5.18. The number of halogens is 1. The molecule has 0 aliphatic carbocycles. The number of nitrogens with zero attached hydrogens (tertiary/aromatic N) is 1. The Morgan fingerprint density at radius 1 is 1.17 bits per heavy atom. The van der Waals surface area contributed by atoms with Gasteiger partial charge in [-0.25, -0.2) is 4.79 Å². The Bertz CT molecular complexity index is 663. The molecule has 0 spiro atoms. The highest BCUT2D eigenvalue weighted by atomic mass is 79.9. The van der Waals surface area contributed by atoms with Gasteiger partial charge in [-0.3, -0.25) is 0 Å². The van der Waals surface area contributed by atoms with Crippen molar-refractivity contribution >= 4 is 27.7 Å². The number of hydrogen-bond donors (Lipinski definition) is 1. The number of rotatable bonds is 4. The predicted octanol–water partition coefficient (Wildman–Crippen LogP) is 3.95. The largest absolute Gasteiger partial charge is 0.445 e. The van der Waals surface area contributed by atoms with Gasteiger partial charge in [0.25, 0.3) is 0 Å². The van der Waals surface area contributed by atoms with Crippen molar-refractivity contribution in [3.05, 3.63) is 64.6 Å². The average molecular weight is 375 g/mol. The number of ether oxygens (including phenoxy) is 1. The van der Waals surface area contributed by atoms with Gasteiger partial charge >= 0.3 is 6.09 Å². The van der Waals surface area contributed by atoms with E-state index in [2.05, 4.69) is 32.2 Å². The van der Waals surface area contributed by atoms with Gasteiger partial charge in [0.2, 0.25) is 0 Å². The molecule has 1 amide bonds. The Morgan fingerprint density at radius 3 is 2.70 bits per heavy atom.